The van der Waals surface area contributed by atoms with Gasteiger partial charge in [-0.3, -0.25) is 4.90 Å². The first-order valence-electron chi connectivity index (χ1n) is 16.7. The van der Waals surface area contributed by atoms with E-state index in [-0.39, 0.29) is 42.2 Å². The highest BCUT2D eigenvalue weighted by Crippen LogP contribution is 2.42. The Labute approximate surface area is 290 Å². The quantitative estimate of drug-likeness (QED) is 0.140. The summed E-state index contributed by atoms with van der Waals surface area (Å²) in [5, 5.41) is 9.62. The summed E-state index contributed by atoms with van der Waals surface area (Å²) in [5.74, 6) is 0.0625. The highest BCUT2D eigenvalue weighted by atomic mass is 32.2. The number of hydrogen-bond donors (Lipinski definition) is 2. The number of sulfonamides is 1. The normalized spacial score (nSPS) is 20.3. The highest BCUT2D eigenvalue weighted by molar-refractivity contribution is 7.89. The molecule has 1 heterocycles. The maximum Gasteiger partial charge on any atom is 0.240 e. The summed E-state index contributed by atoms with van der Waals surface area (Å²) in [7, 11) is -1.52. The molecule has 5 aromatic rings. The monoisotopic (exact) mass is 676 g/mol. The number of hydrogen-bond acceptors (Lipinski definition) is 6. The van der Waals surface area contributed by atoms with Gasteiger partial charge in [0, 0.05) is 30.6 Å². The van der Waals surface area contributed by atoms with Crippen LogP contribution < -0.4 is 4.72 Å². The molecule has 1 saturated heterocycles. The van der Waals surface area contributed by atoms with Crippen LogP contribution in [0.15, 0.2) is 138 Å². The standard InChI is InChI=1S/C41H44N2O5S/c1-29-39(27-43(3)30(2)32-12-6-4-7-13-32)47-41(48-40(29)34-20-18-31(28-44)19-21-34)35-24-22-33(23-25-35)38-17-11-10-14-36(38)26-42-49(45,46)37-15-8-5-9-16-37/h4-25,29-30,39-42,44H,26-28H2,1-3H3. The van der Waals surface area contributed by atoms with E-state index in [2.05, 4.69) is 54.8 Å². The molecule has 6 rings (SSSR count). The third-order valence-electron chi connectivity index (χ3n) is 9.55. The van der Waals surface area contributed by atoms with Gasteiger partial charge in [0.1, 0.15) is 0 Å². The van der Waals surface area contributed by atoms with E-state index in [1.54, 1.807) is 30.3 Å². The molecule has 0 radical (unpaired) electrons. The third kappa shape index (κ3) is 8.19. The zero-order valence-electron chi connectivity index (χ0n) is 28.1. The summed E-state index contributed by atoms with van der Waals surface area (Å²) in [6, 6.07) is 43.0. The fourth-order valence-corrected chi connectivity index (χ4v) is 7.42. The average Bonchev–Trinajstić information content (AvgIpc) is 3.15. The van der Waals surface area contributed by atoms with Gasteiger partial charge >= 0.3 is 0 Å². The predicted molar refractivity (Wildman–Crippen MR) is 193 cm³/mol. The van der Waals surface area contributed by atoms with Gasteiger partial charge in [0.25, 0.3) is 0 Å². The van der Waals surface area contributed by atoms with E-state index in [1.165, 1.54) is 5.56 Å². The van der Waals surface area contributed by atoms with Crippen LogP contribution in [0, 0.1) is 5.92 Å². The second-order valence-electron chi connectivity index (χ2n) is 12.8. The van der Waals surface area contributed by atoms with Crippen molar-refractivity contribution in [1.82, 2.24) is 9.62 Å². The molecule has 0 aromatic heterocycles. The number of likely N-dealkylation sites (N-methyl/N-ethyl adjacent to an activating group) is 1. The SMILES string of the molecule is CC1C(CN(C)C(C)c2ccccc2)OC(c2ccc(-c3ccccc3CNS(=O)(=O)c3ccccc3)cc2)OC1c1ccc(CO)cc1. The second-order valence-corrected chi connectivity index (χ2v) is 14.5. The van der Waals surface area contributed by atoms with Crippen molar-refractivity contribution in [2.45, 2.75) is 56.4 Å². The minimum absolute atomic E-state index is 0.00767. The summed E-state index contributed by atoms with van der Waals surface area (Å²) in [5.41, 5.74) is 6.84. The van der Waals surface area contributed by atoms with E-state index >= 15 is 0 Å². The Kier molecular flexibility index (Phi) is 11.0. The first-order valence-corrected chi connectivity index (χ1v) is 18.2. The van der Waals surface area contributed by atoms with Crippen LogP contribution in [0.5, 0.6) is 0 Å². The molecule has 254 valence electrons. The van der Waals surface area contributed by atoms with Crippen LogP contribution in [-0.4, -0.2) is 38.1 Å². The van der Waals surface area contributed by atoms with Gasteiger partial charge in [-0.1, -0.05) is 128 Å². The Morgan fingerprint density at radius 1 is 0.776 bits per heavy atom. The summed E-state index contributed by atoms with van der Waals surface area (Å²) in [6.07, 6.45) is -0.920. The molecule has 7 nitrogen and oxygen atoms in total. The van der Waals surface area contributed by atoms with Crippen LogP contribution in [0.1, 0.15) is 60.1 Å². The summed E-state index contributed by atoms with van der Waals surface area (Å²) in [6.45, 7) is 5.26. The lowest BCUT2D eigenvalue weighted by Gasteiger charge is -2.43. The van der Waals surface area contributed by atoms with E-state index in [1.807, 2.05) is 78.9 Å². The van der Waals surface area contributed by atoms with Gasteiger partial charge in [-0.2, -0.15) is 0 Å². The first-order chi connectivity index (χ1) is 23.7. The summed E-state index contributed by atoms with van der Waals surface area (Å²) < 4.78 is 42.0. The lowest BCUT2D eigenvalue weighted by Crippen LogP contribution is -2.44. The van der Waals surface area contributed by atoms with Crippen LogP contribution in [0.4, 0.5) is 0 Å². The van der Waals surface area contributed by atoms with Crippen LogP contribution in [-0.2, 0) is 32.6 Å². The van der Waals surface area contributed by atoms with Crippen molar-refractivity contribution in [1.29, 1.82) is 0 Å². The molecule has 0 amide bonds. The number of nitrogens with one attached hydrogen (secondary N) is 1. The molecule has 0 saturated carbocycles. The molecular formula is C41H44N2O5S. The van der Waals surface area contributed by atoms with Crippen molar-refractivity contribution < 1.29 is 23.0 Å². The summed E-state index contributed by atoms with van der Waals surface area (Å²) in [4.78, 5) is 2.57. The van der Waals surface area contributed by atoms with Gasteiger partial charge in [-0.05, 0) is 59.5 Å². The van der Waals surface area contributed by atoms with Crippen LogP contribution in [0.25, 0.3) is 11.1 Å². The second kappa shape index (κ2) is 15.6. The zero-order chi connectivity index (χ0) is 34.4. The van der Waals surface area contributed by atoms with Crippen molar-refractivity contribution in [2.24, 2.45) is 5.92 Å². The van der Waals surface area contributed by atoms with Crippen molar-refractivity contribution >= 4 is 10.0 Å². The Bertz CT molecular complexity index is 1900. The molecule has 5 unspecified atom stereocenters. The fraction of sp³-hybridized carbons (Fsp3) is 0.268. The van der Waals surface area contributed by atoms with Gasteiger partial charge < -0.3 is 14.6 Å². The largest absolute Gasteiger partial charge is 0.392 e. The maximum atomic E-state index is 12.9. The van der Waals surface area contributed by atoms with Gasteiger partial charge in [0.05, 0.1) is 23.7 Å². The molecule has 0 spiro atoms. The molecule has 8 heteroatoms. The number of rotatable bonds is 12. The van der Waals surface area contributed by atoms with Gasteiger partial charge in [0.2, 0.25) is 10.0 Å². The molecule has 1 fully saturated rings. The zero-order valence-corrected chi connectivity index (χ0v) is 29.0. The Balaban J connectivity index is 1.23. The van der Waals surface area contributed by atoms with E-state index in [0.717, 1.165) is 33.4 Å². The number of nitrogens with zero attached hydrogens (tertiary/aromatic N) is 1. The van der Waals surface area contributed by atoms with Crippen molar-refractivity contribution in [3.8, 4) is 11.1 Å². The van der Waals surface area contributed by atoms with Gasteiger partial charge in [-0.15, -0.1) is 0 Å². The first kappa shape index (κ1) is 34.7. The minimum Gasteiger partial charge on any atom is -0.392 e. The van der Waals surface area contributed by atoms with Crippen molar-refractivity contribution in [2.75, 3.05) is 13.6 Å². The molecule has 5 aromatic carbocycles. The van der Waals surface area contributed by atoms with E-state index in [9.17, 15) is 13.5 Å². The topological polar surface area (TPSA) is 88.1 Å². The molecule has 5 atom stereocenters. The third-order valence-corrected chi connectivity index (χ3v) is 11.0. The molecule has 1 aliphatic heterocycles. The van der Waals surface area contributed by atoms with Crippen molar-refractivity contribution in [3.05, 3.63) is 161 Å². The molecular weight excluding hydrogens is 633 g/mol. The van der Waals surface area contributed by atoms with Crippen LogP contribution in [0.3, 0.4) is 0 Å². The number of aliphatic hydroxyl groups is 1. The molecule has 1 aliphatic rings. The smallest absolute Gasteiger partial charge is 0.240 e. The van der Waals surface area contributed by atoms with Gasteiger partial charge in [-0.25, -0.2) is 13.1 Å². The van der Waals surface area contributed by atoms with E-state index in [0.29, 0.717) is 6.54 Å². The molecule has 0 bridgehead atoms. The Morgan fingerprint density at radius 3 is 2.06 bits per heavy atom. The minimum atomic E-state index is -3.65. The molecule has 49 heavy (non-hydrogen) atoms. The lowest BCUT2D eigenvalue weighted by atomic mass is 9.89. The van der Waals surface area contributed by atoms with Crippen LogP contribution >= 0.6 is 0 Å². The lowest BCUT2D eigenvalue weighted by molar-refractivity contribution is -0.276. The Morgan fingerprint density at radius 2 is 1.39 bits per heavy atom. The summed E-state index contributed by atoms with van der Waals surface area (Å²) >= 11 is 0. The molecule has 0 aliphatic carbocycles. The number of benzene rings is 5. The molecule has 2 N–H and O–H groups in total. The Hall–Kier alpha value is -4.15. The van der Waals surface area contributed by atoms with E-state index < -0.39 is 16.3 Å². The fourth-order valence-electron chi connectivity index (χ4n) is 6.39. The average molecular weight is 677 g/mol. The number of aliphatic hydroxyl groups excluding tert-OH is 1. The van der Waals surface area contributed by atoms with Gasteiger partial charge in [0.15, 0.2) is 6.29 Å². The predicted octanol–water partition coefficient (Wildman–Crippen LogP) is 7.81. The van der Waals surface area contributed by atoms with Crippen LogP contribution in [0.2, 0.25) is 0 Å². The van der Waals surface area contributed by atoms with E-state index in [4.69, 9.17) is 9.47 Å². The highest BCUT2D eigenvalue weighted by Gasteiger charge is 2.39. The maximum absolute atomic E-state index is 12.9. The van der Waals surface area contributed by atoms with Crippen molar-refractivity contribution in [3.63, 3.8) is 0 Å². The number of ether oxygens (including phenoxy) is 2.